The van der Waals surface area contributed by atoms with Gasteiger partial charge in [-0.05, 0) is 61.6 Å². The number of carbonyl (C=O) groups is 1. The van der Waals surface area contributed by atoms with Gasteiger partial charge in [-0.25, -0.2) is 12.7 Å². The second-order valence-corrected chi connectivity index (χ2v) is 13.0. The number of rotatable bonds is 17. The molecule has 0 bridgehead atoms. The Morgan fingerprint density at radius 1 is 0.952 bits per heavy atom. The van der Waals surface area contributed by atoms with Crippen LogP contribution in [0.4, 0.5) is 0 Å². The Kier molecular flexibility index (Phi) is 12.5. The summed E-state index contributed by atoms with van der Waals surface area (Å²) in [6.07, 6.45) is 3.16. The molecule has 10 heteroatoms. The number of aliphatic carboxylic acids is 1. The highest BCUT2D eigenvalue weighted by molar-refractivity contribution is 7.89. The molecule has 1 aliphatic heterocycles. The van der Waals surface area contributed by atoms with Crippen LogP contribution >= 0.6 is 0 Å². The van der Waals surface area contributed by atoms with Crippen LogP contribution in [0.2, 0.25) is 0 Å². The molecule has 0 saturated carbocycles. The fourth-order valence-electron chi connectivity index (χ4n) is 5.93. The summed E-state index contributed by atoms with van der Waals surface area (Å²) in [6.45, 7) is 10.0. The summed E-state index contributed by atoms with van der Waals surface area (Å²) in [5, 5.41) is 10.6. The molecule has 3 unspecified atom stereocenters. The Hall–Kier alpha value is -2.82. The third-order valence-corrected chi connectivity index (χ3v) is 10.0. The van der Waals surface area contributed by atoms with E-state index in [2.05, 4.69) is 11.8 Å². The molecule has 1 aliphatic rings. The van der Waals surface area contributed by atoms with Gasteiger partial charge in [-0.1, -0.05) is 44.9 Å². The molecule has 0 spiro atoms. The first-order chi connectivity index (χ1) is 20.1. The number of hydrogen-bond donors (Lipinski definition) is 1. The van der Waals surface area contributed by atoms with Gasteiger partial charge in [-0.3, -0.25) is 9.69 Å². The lowest BCUT2D eigenvalue weighted by Gasteiger charge is -2.30. The maximum Gasteiger partial charge on any atom is 0.309 e. The summed E-state index contributed by atoms with van der Waals surface area (Å²) in [5.74, 6) is -0.0681. The minimum atomic E-state index is -3.43. The van der Waals surface area contributed by atoms with Crippen molar-refractivity contribution >= 4 is 16.0 Å². The van der Waals surface area contributed by atoms with Crippen LogP contribution < -0.4 is 14.2 Å². The van der Waals surface area contributed by atoms with Crippen LogP contribution in [0, 0.1) is 12.8 Å². The van der Waals surface area contributed by atoms with E-state index in [1.54, 1.807) is 24.6 Å². The number of unbranched alkanes of at least 4 members (excludes halogenated alkanes) is 2. The fraction of sp³-hybridized carbons (Fsp3) is 0.594. The Morgan fingerprint density at radius 3 is 2.26 bits per heavy atom. The average Bonchev–Trinajstić information content (AvgIpc) is 3.36. The molecule has 1 saturated heterocycles. The molecule has 0 amide bonds. The average molecular weight is 605 g/mol. The van der Waals surface area contributed by atoms with Crippen LogP contribution in [-0.4, -0.2) is 81.5 Å². The highest BCUT2D eigenvalue weighted by atomic mass is 32.2. The number of nitrogens with zero attached hydrogens (tertiary/aromatic N) is 2. The van der Waals surface area contributed by atoms with Gasteiger partial charge in [-0.15, -0.1) is 0 Å². The summed E-state index contributed by atoms with van der Waals surface area (Å²) < 4.78 is 44.9. The van der Waals surface area contributed by atoms with Crippen molar-refractivity contribution in [3.8, 4) is 17.2 Å². The van der Waals surface area contributed by atoms with Crippen molar-refractivity contribution in [1.82, 2.24) is 9.21 Å². The fourth-order valence-corrected chi connectivity index (χ4v) is 7.58. The zero-order chi connectivity index (χ0) is 30.9. The summed E-state index contributed by atoms with van der Waals surface area (Å²) >= 11 is 0. The van der Waals surface area contributed by atoms with Gasteiger partial charge >= 0.3 is 5.97 Å². The van der Waals surface area contributed by atoms with Gasteiger partial charge < -0.3 is 19.3 Å². The smallest absolute Gasteiger partial charge is 0.309 e. The van der Waals surface area contributed by atoms with Gasteiger partial charge in [-0.2, -0.15) is 0 Å². The van der Waals surface area contributed by atoms with E-state index in [-0.39, 0.29) is 11.7 Å². The number of carboxylic acids is 1. The van der Waals surface area contributed by atoms with Gasteiger partial charge in [0.15, 0.2) is 11.5 Å². The van der Waals surface area contributed by atoms with Gasteiger partial charge in [0.1, 0.15) is 5.75 Å². The Balaban J connectivity index is 2.03. The van der Waals surface area contributed by atoms with Crippen LogP contribution in [-0.2, 0) is 14.8 Å². The molecular formula is C32H48N2O7S. The SMILES string of the molecule is CCCCCS(=O)(=O)N(CCC)CCN1CC(c2ccc(C)c(OCC)c2)C(C(=O)O)C1c1ccc(OC)c(OC)c1. The summed E-state index contributed by atoms with van der Waals surface area (Å²) in [7, 11) is -0.309. The minimum absolute atomic E-state index is 0.129. The van der Waals surface area contributed by atoms with Crippen LogP contribution in [0.5, 0.6) is 17.2 Å². The quantitative estimate of drug-likeness (QED) is 0.237. The zero-order valence-corrected chi connectivity index (χ0v) is 26.8. The van der Waals surface area contributed by atoms with E-state index in [4.69, 9.17) is 14.2 Å². The van der Waals surface area contributed by atoms with Crippen LogP contribution in [0.1, 0.15) is 75.1 Å². The van der Waals surface area contributed by atoms with Crippen molar-refractivity contribution in [2.24, 2.45) is 5.92 Å². The molecule has 3 rings (SSSR count). The third kappa shape index (κ3) is 7.96. The maximum atomic E-state index is 13.3. The normalized spacial score (nSPS) is 19.3. The van der Waals surface area contributed by atoms with E-state index in [0.29, 0.717) is 57.1 Å². The lowest BCUT2D eigenvalue weighted by Crippen LogP contribution is -2.40. The van der Waals surface area contributed by atoms with Gasteiger partial charge in [0.05, 0.1) is 32.5 Å². The molecule has 2 aromatic rings. The molecule has 1 heterocycles. The van der Waals surface area contributed by atoms with Crippen molar-refractivity contribution in [3.05, 3.63) is 53.1 Å². The second kappa shape index (κ2) is 15.6. The minimum Gasteiger partial charge on any atom is -0.494 e. The number of benzene rings is 2. The van der Waals surface area contributed by atoms with Crippen molar-refractivity contribution in [3.63, 3.8) is 0 Å². The van der Waals surface area contributed by atoms with Crippen LogP contribution in [0.15, 0.2) is 36.4 Å². The number of sulfonamides is 1. The first-order valence-electron chi connectivity index (χ1n) is 15.0. The second-order valence-electron chi connectivity index (χ2n) is 10.9. The van der Waals surface area contributed by atoms with Crippen LogP contribution in [0.25, 0.3) is 0 Å². The standard InChI is InChI=1S/C32H48N2O7S/c1-7-10-11-19-42(37,38)34(16-8-2)18-17-33-22-26(24-13-12-23(4)28(20-24)41-9-3)30(32(35)36)31(33)25-14-15-27(39-5)29(21-25)40-6/h12-15,20-21,26,30-31H,7-11,16-19,22H2,1-6H3,(H,35,36). The van der Waals surface area contributed by atoms with Gasteiger partial charge in [0.2, 0.25) is 10.0 Å². The summed E-state index contributed by atoms with van der Waals surface area (Å²) in [4.78, 5) is 15.1. The van der Waals surface area contributed by atoms with Crippen molar-refractivity contribution < 1.29 is 32.5 Å². The first-order valence-corrected chi connectivity index (χ1v) is 16.6. The number of methoxy groups -OCH3 is 2. The molecule has 0 aromatic heterocycles. The molecule has 0 aliphatic carbocycles. The summed E-state index contributed by atoms with van der Waals surface area (Å²) in [5.41, 5.74) is 2.66. The predicted molar refractivity (Wildman–Crippen MR) is 165 cm³/mol. The van der Waals surface area contributed by atoms with Crippen molar-refractivity contribution in [2.75, 3.05) is 52.8 Å². The van der Waals surface area contributed by atoms with E-state index in [9.17, 15) is 18.3 Å². The topological polar surface area (TPSA) is 106 Å². The maximum absolute atomic E-state index is 13.3. The van der Waals surface area contributed by atoms with E-state index in [0.717, 1.165) is 35.3 Å². The highest BCUT2D eigenvalue weighted by Crippen LogP contribution is 2.47. The molecule has 9 nitrogen and oxygen atoms in total. The molecule has 3 atom stereocenters. The number of aryl methyl sites for hydroxylation is 1. The predicted octanol–water partition coefficient (Wildman–Crippen LogP) is 5.48. The monoisotopic (exact) mass is 604 g/mol. The van der Waals surface area contributed by atoms with E-state index in [1.807, 2.05) is 51.1 Å². The third-order valence-electron chi connectivity index (χ3n) is 8.08. The van der Waals surface area contributed by atoms with E-state index in [1.165, 1.54) is 0 Å². The molecule has 234 valence electrons. The first kappa shape index (κ1) is 33.7. The number of carboxylic acid groups (broad SMARTS) is 1. The number of ether oxygens (including phenoxy) is 3. The van der Waals surface area contributed by atoms with Crippen molar-refractivity contribution in [1.29, 1.82) is 0 Å². The van der Waals surface area contributed by atoms with Gasteiger partial charge in [0.25, 0.3) is 0 Å². The zero-order valence-electron chi connectivity index (χ0n) is 26.0. The Morgan fingerprint density at radius 2 is 1.64 bits per heavy atom. The Bertz CT molecular complexity index is 1280. The number of likely N-dealkylation sites (tertiary alicyclic amines) is 1. The molecule has 1 fully saturated rings. The molecule has 2 aromatic carbocycles. The van der Waals surface area contributed by atoms with E-state index >= 15 is 0 Å². The highest BCUT2D eigenvalue weighted by Gasteiger charge is 2.47. The number of hydrogen-bond acceptors (Lipinski definition) is 7. The summed E-state index contributed by atoms with van der Waals surface area (Å²) in [6, 6.07) is 10.9. The molecule has 0 radical (unpaired) electrons. The lowest BCUT2D eigenvalue weighted by atomic mass is 9.82. The van der Waals surface area contributed by atoms with Crippen LogP contribution in [0.3, 0.4) is 0 Å². The Labute approximate surface area is 251 Å². The van der Waals surface area contributed by atoms with Crippen molar-refractivity contribution in [2.45, 2.75) is 65.3 Å². The molecule has 42 heavy (non-hydrogen) atoms. The lowest BCUT2D eigenvalue weighted by molar-refractivity contribution is -0.143. The molecular weight excluding hydrogens is 556 g/mol. The van der Waals surface area contributed by atoms with E-state index < -0.39 is 28.0 Å². The van der Waals surface area contributed by atoms with Gasteiger partial charge in [0, 0.05) is 38.1 Å². The largest absolute Gasteiger partial charge is 0.494 e. The molecule has 1 N–H and O–H groups in total.